The van der Waals surface area contributed by atoms with Gasteiger partial charge in [-0.25, -0.2) is 9.59 Å². The SMILES string of the molecule is CCC(=O)N(CC(C)NCc1ccccc1C)c1cccs1.O=C(O)C(=O)O. The molecular weight excluding hydrogens is 380 g/mol. The van der Waals surface area contributed by atoms with Gasteiger partial charge in [0.1, 0.15) is 0 Å². The first-order valence-corrected chi connectivity index (χ1v) is 9.72. The van der Waals surface area contributed by atoms with Crippen LogP contribution in [-0.4, -0.2) is 40.6 Å². The van der Waals surface area contributed by atoms with Gasteiger partial charge in [-0.1, -0.05) is 31.2 Å². The summed E-state index contributed by atoms with van der Waals surface area (Å²) in [5.74, 6) is -3.48. The van der Waals surface area contributed by atoms with Gasteiger partial charge in [0.05, 0.1) is 5.00 Å². The van der Waals surface area contributed by atoms with Gasteiger partial charge < -0.3 is 20.4 Å². The Hall–Kier alpha value is -2.71. The minimum Gasteiger partial charge on any atom is -0.473 e. The topological polar surface area (TPSA) is 107 Å². The number of carboxylic acids is 2. The molecule has 0 aliphatic heterocycles. The molecule has 0 aliphatic rings. The van der Waals surface area contributed by atoms with Gasteiger partial charge in [0.2, 0.25) is 5.91 Å². The van der Waals surface area contributed by atoms with Gasteiger partial charge in [0, 0.05) is 25.6 Å². The van der Waals surface area contributed by atoms with Crippen molar-refractivity contribution >= 4 is 34.2 Å². The molecule has 0 saturated carbocycles. The highest BCUT2D eigenvalue weighted by Gasteiger charge is 2.17. The minimum atomic E-state index is -1.82. The molecule has 1 heterocycles. The Morgan fingerprint density at radius 1 is 1.11 bits per heavy atom. The lowest BCUT2D eigenvalue weighted by Gasteiger charge is -2.25. The molecule has 2 aromatic rings. The molecule has 28 heavy (non-hydrogen) atoms. The van der Waals surface area contributed by atoms with Crippen LogP contribution in [-0.2, 0) is 20.9 Å². The highest BCUT2D eigenvalue weighted by Crippen LogP contribution is 2.22. The van der Waals surface area contributed by atoms with Crippen molar-refractivity contribution in [3.63, 3.8) is 0 Å². The quantitative estimate of drug-likeness (QED) is 0.610. The number of rotatable bonds is 7. The highest BCUT2D eigenvalue weighted by molar-refractivity contribution is 7.14. The Morgan fingerprint density at radius 2 is 1.75 bits per heavy atom. The largest absolute Gasteiger partial charge is 0.473 e. The fourth-order valence-electron chi connectivity index (χ4n) is 2.36. The third-order valence-electron chi connectivity index (χ3n) is 3.92. The smallest absolute Gasteiger partial charge is 0.414 e. The molecule has 3 N–H and O–H groups in total. The summed E-state index contributed by atoms with van der Waals surface area (Å²) < 4.78 is 0. The zero-order valence-electron chi connectivity index (χ0n) is 16.2. The summed E-state index contributed by atoms with van der Waals surface area (Å²) in [5, 5.41) is 21.3. The Bertz CT molecular complexity index is 765. The number of anilines is 1. The maximum Gasteiger partial charge on any atom is 0.414 e. The number of nitrogens with one attached hydrogen (secondary N) is 1. The van der Waals surface area contributed by atoms with Crippen LogP contribution in [0.2, 0.25) is 0 Å². The van der Waals surface area contributed by atoms with E-state index in [4.69, 9.17) is 19.8 Å². The van der Waals surface area contributed by atoms with Crippen LogP contribution in [0, 0.1) is 6.92 Å². The molecule has 0 radical (unpaired) electrons. The summed E-state index contributed by atoms with van der Waals surface area (Å²) in [4.78, 5) is 32.3. The van der Waals surface area contributed by atoms with E-state index in [0.717, 1.165) is 11.5 Å². The number of hydrogen-bond acceptors (Lipinski definition) is 5. The van der Waals surface area contributed by atoms with E-state index in [-0.39, 0.29) is 11.9 Å². The highest BCUT2D eigenvalue weighted by atomic mass is 32.1. The van der Waals surface area contributed by atoms with E-state index in [0.29, 0.717) is 13.0 Å². The predicted octanol–water partition coefficient (Wildman–Crippen LogP) is 3.13. The number of aryl methyl sites for hydroxylation is 1. The van der Waals surface area contributed by atoms with E-state index in [1.807, 2.05) is 29.3 Å². The second-order valence-corrected chi connectivity index (χ2v) is 7.05. The monoisotopic (exact) mass is 406 g/mol. The molecular formula is C20H26N2O5S. The van der Waals surface area contributed by atoms with Gasteiger partial charge in [-0.3, -0.25) is 4.79 Å². The van der Waals surface area contributed by atoms with Crippen LogP contribution in [0.1, 0.15) is 31.4 Å². The van der Waals surface area contributed by atoms with Crippen LogP contribution in [0.15, 0.2) is 41.8 Å². The van der Waals surface area contributed by atoms with Crippen LogP contribution in [0.5, 0.6) is 0 Å². The second-order valence-electron chi connectivity index (χ2n) is 6.13. The zero-order chi connectivity index (χ0) is 21.1. The van der Waals surface area contributed by atoms with Crippen LogP contribution in [0.4, 0.5) is 5.00 Å². The average Bonchev–Trinajstić information content (AvgIpc) is 3.19. The first-order chi connectivity index (χ1) is 13.3. The Labute approximate surface area is 168 Å². The number of carbonyl (C=O) groups excluding carboxylic acids is 1. The van der Waals surface area contributed by atoms with Gasteiger partial charge in [-0.15, -0.1) is 11.3 Å². The summed E-state index contributed by atoms with van der Waals surface area (Å²) in [6.07, 6.45) is 0.530. The van der Waals surface area contributed by atoms with Crippen molar-refractivity contribution in [2.45, 2.75) is 39.8 Å². The van der Waals surface area contributed by atoms with Crippen LogP contribution in [0.25, 0.3) is 0 Å². The molecule has 1 atom stereocenters. The fraction of sp³-hybridized carbons (Fsp3) is 0.350. The molecule has 7 nitrogen and oxygen atoms in total. The minimum absolute atomic E-state index is 0.173. The average molecular weight is 407 g/mol. The first-order valence-electron chi connectivity index (χ1n) is 8.84. The Morgan fingerprint density at radius 3 is 2.25 bits per heavy atom. The zero-order valence-corrected chi connectivity index (χ0v) is 17.0. The van der Waals surface area contributed by atoms with Gasteiger partial charge >= 0.3 is 11.9 Å². The van der Waals surface area contributed by atoms with Crippen molar-refractivity contribution in [1.82, 2.24) is 5.32 Å². The third-order valence-corrected chi connectivity index (χ3v) is 4.81. The van der Waals surface area contributed by atoms with Crippen molar-refractivity contribution in [2.75, 3.05) is 11.4 Å². The van der Waals surface area contributed by atoms with Crippen LogP contribution in [0.3, 0.4) is 0 Å². The van der Waals surface area contributed by atoms with Crippen molar-refractivity contribution in [2.24, 2.45) is 0 Å². The number of carboxylic acid groups (broad SMARTS) is 2. The normalized spacial score (nSPS) is 11.1. The van der Waals surface area contributed by atoms with E-state index in [1.165, 1.54) is 11.1 Å². The van der Waals surface area contributed by atoms with E-state index in [9.17, 15) is 4.79 Å². The Balaban J connectivity index is 0.000000568. The lowest BCUT2D eigenvalue weighted by atomic mass is 10.1. The van der Waals surface area contributed by atoms with Gasteiger partial charge in [0.15, 0.2) is 0 Å². The number of nitrogens with zero attached hydrogens (tertiary/aromatic N) is 1. The summed E-state index contributed by atoms with van der Waals surface area (Å²) in [7, 11) is 0. The third kappa shape index (κ3) is 7.89. The van der Waals surface area contributed by atoms with E-state index in [1.54, 1.807) is 11.3 Å². The molecule has 0 spiro atoms. The number of aliphatic carboxylic acids is 2. The van der Waals surface area contributed by atoms with Crippen molar-refractivity contribution in [3.8, 4) is 0 Å². The standard InChI is InChI=1S/C18H24N2OS.C2H2O4/c1-4-17(21)20(18-10-7-11-22-18)13-15(3)19-12-16-9-6-5-8-14(16)2;3-1(4)2(5)6/h5-11,15,19H,4,12-13H2,1-3H3;(H,3,4)(H,5,6). The van der Waals surface area contributed by atoms with Gasteiger partial charge in [-0.2, -0.15) is 0 Å². The van der Waals surface area contributed by atoms with Crippen LogP contribution < -0.4 is 10.2 Å². The fourth-order valence-corrected chi connectivity index (χ4v) is 3.12. The summed E-state index contributed by atoms with van der Waals surface area (Å²) in [6, 6.07) is 12.6. The molecule has 0 fully saturated rings. The summed E-state index contributed by atoms with van der Waals surface area (Å²) in [5.41, 5.74) is 2.60. The molecule has 0 aliphatic carbocycles. The van der Waals surface area contributed by atoms with Crippen molar-refractivity contribution < 1.29 is 24.6 Å². The summed E-state index contributed by atoms with van der Waals surface area (Å²) in [6.45, 7) is 7.68. The molecule has 1 aromatic heterocycles. The molecule has 152 valence electrons. The number of amides is 1. The lowest BCUT2D eigenvalue weighted by molar-refractivity contribution is -0.159. The number of hydrogen-bond donors (Lipinski definition) is 3. The van der Waals surface area contributed by atoms with Gasteiger partial charge in [-0.05, 0) is 42.5 Å². The van der Waals surface area contributed by atoms with Crippen molar-refractivity contribution in [3.05, 3.63) is 52.9 Å². The predicted molar refractivity (Wildman–Crippen MR) is 110 cm³/mol. The number of benzene rings is 1. The number of carbonyl (C=O) groups is 3. The maximum atomic E-state index is 12.2. The van der Waals surface area contributed by atoms with Crippen molar-refractivity contribution in [1.29, 1.82) is 0 Å². The first kappa shape index (κ1) is 23.3. The number of thiophene rings is 1. The second kappa shape index (κ2) is 11.9. The van der Waals surface area contributed by atoms with Crippen LogP contribution >= 0.6 is 11.3 Å². The molecule has 1 unspecified atom stereocenters. The van der Waals surface area contributed by atoms with E-state index < -0.39 is 11.9 Å². The van der Waals surface area contributed by atoms with E-state index in [2.05, 4.69) is 43.4 Å². The molecule has 1 amide bonds. The molecule has 2 rings (SSSR count). The summed E-state index contributed by atoms with van der Waals surface area (Å²) >= 11 is 1.61. The molecule has 0 saturated heterocycles. The maximum absolute atomic E-state index is 12.2. The van der Waals surface area contributed by atoms with Gasteiger partial charge in [0.25, 0.3) is 0 Å². The molecule has 0 bridgehead atoms. The lowest BCUT2D eigenvalue weighted by Crippen LogP contribution is -2.41. The molecule has 8 heteroatoms. The molecule has 1 aromatic carbocycles. The Kier molecular flexibility index (Phi) is 9.91. The van der Waals surface area contributed by atoms with E-state index >= 15 is 0 Å².